The zero-order chi connectivity index (χ0) is 33.5. The minimum absolute atomic E-state index is 0.0333. The van der Waals surface area contributed by atoms with Crippen LogP contribution in [0.1, 0.15) is 62.8 Å². The number of carbonyl (C=O) groups excluding carboxylic acids is 1. The van der Waals surface area contributed by atoms with Crippen LogP contribution in [-0.2, 0) is 32.5 Å². The maximum atomic E-state index is 11.9. The summed E-state index contributed by atoms with van der Waals surface area (Å²) in [5, 5.41) is 4.75. The van der Waals surface area contributed by atoms with Crippen LogP contribution in [0, 0.1) is 0 Å². The van der Waals surface area contributed by atoms with Crippen molar-refractivity contribution in [1.82, 2.24) is 14.7 Å². The number of carbonyl (C=O) groups is 1. The highest BCUT2D eigenvalue weighted by Crippen LogP contribution is 2.45. The van der Waals surface area contributed by atoms with E-state index in [0.29, 0.717) is 26.0 Å². The first-order valence-corrected chi connectivity index (χ1v) is 19.9. The lowest BCUT2D eigenvalue weighted by Crippen LogP contribution is -2.55. The van der Waals surface area contributed by atoms with Crippen LogP contribution in [0.3, 0.4) is 0 Å². The largest absolute Gasteiger partial charge is 0.466 e. The van der Waals surface area contributed by atoms with Gasteiger partial charge in [-0.25, -0.2) is 0 Å². The van der Waals surface area contributed by atoms with Crippen LogP contribution >= 0.6 is 0 Å². The van der Waals surface area contributed by atoms with Crippen LogP contribution in [0.25, 0.3) is 0 Å². The Balaban J connectivity index is 1.54. The molecule has 1 fully saturated rings. The Morgan fingerprint density at radius 3 is 1.98 bits per heavy atom. The van der Waals surface area contributed by atoms with E-state index in [0.717, 1.165) is 25.1 Å². The van der Waals surface area contributed by atoms with Crippen LogP contribution in [-0.4, -0.2) is 54.8 Å². The van der Waals surface area contributed by atoms with Gasteiger partial charge in [0.05, 0.1) is 31.0 Å². The van der Waals surface area contributed by atoms with Crippen LogP contribution < -0.4 is 0 Å². The van der Waals surface area contributed by atoms with Gasteiger partial charge in [0.15, 0.2) is 8.32 Å². The zero-order valence-corrected chi connectivity index (χ0v) is 30.0. The third-order valence-corrected chi connectivity index (χ3v) is 14.4. The molecule has 2 heterocycles. The van der Waals surface area contributed by atoms with Gasteiger partial charge in [0, 0.05) is 25.7 Å². The molecule has 1 aromatic heterocycles. The van der Waals surface area contributed by atoms with Crippen LogP contribution in [0.2, 0.25) is 18.1 Å². The second-order valence-electron chi connectivity index (χ2n) is 14.0. The number of rotatable bonds is 12. The molecule has 1 aliphatic heterocycles. The van der Waals surface area contributed by atoms with Gasteiger partial charge in [-0.2, -0.15) is 5.10 Å². The molecular weight excluding hydrogens is 599 g/mol. The van der Waals surface area contributed by atoms with Crippen molar-refractivity contribution >= 4 is 14.3 Å². The molecule has 0 spiro atoms. The maximum absolute atomic E-state index is 11.9. The van der Waals surface area contributed by atoms with Crippen molar-refractivity contribution in [1.29, 1.82) is 0 Å². The average Bonchev–Trinajstić information content (AvgIpc) is 3.53. The number of aromatic nitrogens is 2. The van der Waals surface area contributed by atoms with Crippen LogP contribution in [0.5, 0.6) is 0 Å². The van der Waals surface area contributed by atoms with Crippen LogP contribution in [0.15, 0.2) is 115 Å². The molecule has 5 rings (SSSR count). The van der Waals surface area contributed by atoms with Gasteiger partial charge in [-0.1, -0.05) is 118 Å². The van der Waals surface area contributed by atoms with Crippen molar-refractivity contribution < 1.29 is 14.0 Å². The Bertz CT molecular complexity index is 1510. The molecule has 47 heavy (non-hydrogen) atoms. The fraction of sp³-hybridized carbons (Fsp3) is 0.400. The number of nitrogens with zero attached hydrogens (tertiary/aromatic N) is 3. The molecule has 0 amide bonds. The number of hydrogen-bond donors (Lipinski definition) is 0. The van der Waals surface area contributed by atoms with Gasteiger partial charge in [0.1, 0.15) is 0 Å². The Morgan fingerprint density at radius 1 is 0.915 bits per heavy atom. The van der Waals surface area contributed by atoms with Crippen molar-refractivity contribution in [2.45, 2.75) is 83.3 Å². The van der Waals surface area contributed by atoms with Gasteiger partial charge < -0.3 is 9.16 Å². The minimum atomic E-state index is -2.05. The Labute approximate surface area is 282 Å². The van der Waals surface area contributed by atoms with Gasteiger partial charge in [-0.15, -0.1) is 0 Å². The Hall–Kier alpha value is -3.78. The summed E-state index contributed by atoms with van der Waals surface area (Å²) >= 11 is 0. The van der Waals surface area contributed by atoms with E-state index in [1.54, 1.807) is 0 Å². The molecule has 7 heteroatoms. The average molecular weight is 650 g/mol. The predicted octanol–water partition coefficient (Wildman–Crippen LogP) is 8.39. The zero-order valence-electron chi connectivity index (χ0n) is 29.0. The van der Waals surface area contributed by atoms with E-state index in [1.807, 2.05) is 24.0 Å². The molecule has 1 unspecified atom stereocenters. The number of aryl methyl sites for hydroxylation is 1. The van der Waals surface area contributed by atoms with Gasteiger partial charge >= 0.3 is 5.97 Å². The van der Waals surface area contributed by atoms with Gasteiger partial charge in [-0.05, 0) is 65.7 Å². The quantitative estimate of drug-likeness (QED) is 0.0668. The third kappa shape index (κ3) is 7.86. The molecule has 1 aliphatic rings. The van der Waals surface area contributed by atoms with Crippen LogP contribution in [0.4, 0.5) is 0 Å². The molecule has 0 aliphatic carbocycles. The van der Waals surface area contributed by atoms with Gasteiger partial charge in [0.25, 0.3) is 0 Å². The van der Waals surface area contributed by atoms with E-state index in [1.165, 1.54) is 22.3 Å². The highest BCUT2D eigenvalue weighted by atomic mass is 28.4. The highest BCUT2D eigenvalue weighted by Gasteiger charge is 2.46. The summed E-state index contributed by atoms with van der Waals surface area (Å²) in [6, 6.07) is 32.8. The minimum Gasteiger partial charge on any atom is -0.466 e. The van der Waals surface area contributed by atoms with E-state index < -0.39 is 13.9 Å². The monoisotopic (exact) mass is 649 g/mol. The van der Waals surface area contributed by atoms with Crippen molar-refractivity contribution in [3.63, 3.8) is 0 Å². The van der Waals surface area contributed by atoms with E-state index in [-0.39, 0.29) is 17.1 Å². The number of likely N-dealkylation sites (tertiary alicyclic amines) is 1. The first-order chi connectivity index (χ1) is 22.5. The lowest BCUT2D eigenvalue weighted by molar-refractivity contribution is -0.143. The maximum Gasteiger partial charge on any atom is 0.306 e. The van der Waals surface area contributed by atoms with Gasteiger partial charge in [-0.3, -0.25) is 14.4 Å². The highest BCUT2D eigenvalue weighted by molar-refractivity contribution is 6.74. The smallest absolute Gasteiger partial charge is 0.306 e. The Morgan fingerprint density at radius 2 is 1.47 bits per heavy atom. The summed E-state index contributed by atoms with van der Waals surface area (Å²) in [6.07, 6.45) is 8.15. The molecule has 248 valence electrons. The number of piperidine rings is 1. The van der Waals surface area contributed by atoms with Crippen molar-refractivity contribution in [3.8, 4) is 0 Å². The first kappa shape index (κ1) is 34.5. The second kappa shape index (κ2) is 15.0. The van der Waals surface area contributed by atoms with E-state index in [2.05, 4.69) is 141 Å². The lowest BCUT2D eigenvalue weighted by atomic mass is 9.74. The predicted molar refractivity (Wildman–Crippen MR) is 193 cm³/mol. The Kier molecular flexibility index (Phi) is 11.0. The summed E-state index contributed by atoms with van der Waals surface area (Å²) in [4.78, 5) is 14.6. The molecular formula is C40H51N3O3Si. The second-order valence-corrected chi connectivity index (χ2v) is 18.8. The van der Waals surface area contributed by atoms with E-state index in [4.69, 9.17) is 9.16 Å². The molecule has 6 nitrogen and oxygen atoms in total. The van der Waals surface area contributed by atoms with Crippen molar-refractivity contribution in [2.24, 2.45) is 0 Å². The van der Waals surface area contributed by atoms with Crippen molar-refractivity contribution in [2.75, 3.05) is 19.7 Å². The lowest BCUT2D eigenvalue weighted by Gasteiger charge is -2.50. The molecule has 4 aromatic rings. The summed E-state index contributed by atoms with van der Waals surface area (Å²) < 4.78 is 14.3. The molecule has 0 radical (unpaired) electrons. The van der Waals surface area contributed by atoms with E-state index in [9.17, 15) is 4.79 Å². The fourth-order valence-corrected chi connectivity index (χ4v) is 7.75. The standard InChI is InChI=1S/C40H51N3O3Si/c1-7-45-38(44)24-23-32-29-41-43(30-32)28-25-33-31-42(27-26-37(33)46-47(5,6)39(2,3)4)40(34-17-11-8-12-18-34,35-19-13-9-14-20-35)36-21-15-10-16-22-36/h8-22,25,29-30,37H,7,23-24,26-28,31H2,1-6H3/b33-25+. The molecule has 0 bridgehead atoms. The summed E-state index contributed by atoms with van der Waals surface area (Å²) in [5.74, 6) is -0.172. The number of allylic oxidation sites excluding steroid dienone is 1. The fourth-order valence-electron chi connectivity index (χ4n) is 6.42. The molecule has 3 aromatic carbocycles. The molecule has 1 saturated heterocycles. The summed E-state index contributed by atoms with van der Waals surface area (Å²) in [6.45, 7) is 16.1. The molecule has 0 N–H and O–H groups in total. The summed E-state index contributed by atoms with van der Waals surface area (Å²) in [7, 11) is -2.05. The molecule has 1 atom stereocenters. The summed E-state index contributed by atoms with van der Waals surface area (Å²) in [5.41, 5.74) is 5.58. The van der Waals surface area contributed by atoms with E-state index >= 15 is 0 Å². The molecule has 0 saturated carbocycles. The third-order valence-electron chi connectivity index (χ3n) is 9.89. The first-order valence-electron chi connectivity index (χ1n) is 17.0. The van der Waals surface area contributed by atoms with Crippen molar-refractivity contribution in [3.05, 3.63) is 137 Å². The topological polar surface area (TPSA) is 56.6 Å². The SMILES string of the molecule is CCOC(=O)CCc1cnn(C/C=C2\CN(C(c3ccccc3)(c3ccccc3)c3ccccc3)CCC2O[Si](C)(C)C(C)(C)C)c1. The number of hydrogen-bond acceptors (Lipinski definition) is 5. The number of esters is 1. The van der Waals surface area contributed by atoms with Gasteiger partial charge in [0.2, 0.25) is 0 Å². The number of ether oxygens (including phenoxy) is 1. The normalized spacial score (nSPS) is 17.1. The number of benzene rings is 3.